The van der Waals surface area contributed by atoms with Crippen molar-refractivity contribution in [3.8, 4) is 0 Å². The van der Waals surface area contributed by atoms with Gasteiger partial charge in [0.15, 0.2) is 5.96 Å². The third-order valence-corrected chi connectivity index (χ3v) is 6.39. The number of nitrogens with one attached hydrogen (secondary N) is 1. The molecule has 0 aliphatic carbocycles. The molecule has 0 saturated carbocycles. The van der Waals surface area contributed by atoms with Crippen molar-refractivity contribution in [2.24, 2.45) is 4.99 Å². The van der Waals surface area contributed by atoms with E-state index in [2.05, 4.69) is 15.2 Å². The molecule has 1 aliphatic rings. The van der Waals surface area contributed by atoms with Crippen molar-refractivity contribution in [1.29, 1.82) is 0 Å². The minimum atomic E-state index is -3.29. The van der Waals surface area contributed by atoms with Gasteiger partial charge in [-0.25, -0.2) is 13.4 Å². The number of rotatable bonds is 8. The molecule has 9 heteroatoms. The Morgan fingerprint density at radius 2 is 2.04 bits per heavy atom. The second kappa shape index (κ2) is 10.7. The molecule has 2 rings (SSSR count). The van der Waals surface area contributed by atoms with E-state index in [0.717, 1.165) is 23.8 Å². The van der Waals surface area contributed by atoms with Gasteiger partial charge in [0, 0.05) is 38.9 Å². The van der Waals surface area contributed by atoms with Gasteiger partial charge in [0.05, 0.1) is 30.7 Å². The topological polar surface area (TPSA) is 87.1 Å². The van der Waals surface area contributed by atoms with Gasteiger partial charge >= 0.3 is 0 Å². The predicted octanol–water partition coefficient (Wildman–Crippen LogP) is 1.23. The summed E-state index contributed by atoms with van der Waals surface area (Å²) in [5.41, 5.74) is 2.06. The highest BCUT2D eigenvalue weighted by atomic mass is 32.2. The smallest absolute Gasteiger partial charge is 0.216 e. The van der Waals surface area contributed by atoms with Gasteiger partial charge in [0.2, 0.25) is 10.0 Å². The van der Waals surface area contributed by atoms with Crippen LogP contribution in [0.3, 0.4) is 0 Å². The molecule has 1 aromatic heterocycles. The normalized spacial score (nSPS) is 16.6. The fraction of sp³-hybridized carbons (Fsp3) is 0.684. The summed E-state index contributed by atoms with van der Waals surface area (Å²) in [5.74, 6) is 0.825. The van der Waals surface area contributed by atoms with Gasteiger partial charge in [0.1, 0.15) is 0 Å². The molecule has 8 nitrogen and oxygen atoms in total. The molecule has 0 aromatic carbocycles. The van der Waals surface area contributed by atoms with E-state index in [0.29, 0.717) is 32.7 Å². The van der Waals surface area contributed by atoms with Crippen LogP contribution in [0.4, 0.5) is 0 Å². The molecular weight excluding hydrogens is 378 g/mol. The molecule has 0 amide bonds. The van der Waals surface area contributed by atoms with E-state index in [1.54, 1.807) is 10.5 Å². The van der Waals surface area contributed by atoms with Crippen LogP contribution >= 0.6 is 0 Å². The molecule has 1 N–H and O–H groups in total. The molecule has 1 fully saturated rings. The molecule has 158 valence electrons. The molecule has 28 heavy (non-hydrogen) atoms. The highest BCUT2D eigenvalue weighted by molar-refractivity contribution is 7.89. The molecule has 0 bridgehead atoms. The van der Waals surface area contributed by atoms with Crippen LogP contribution < -0.4 is 5.32 Å². The van der Waals surface area contributed by atoms with Crippen LogP contribution in [0.1, 0.15) is 32.0 Å². The summed E-state index contributed by atoms with van der Waals surface area (Å²) in [7, 11) is -3.29. The zero-order valence-electron chi connectivity index (χ0n) is 17.4. The lowest BCUT2D eigenvalue weighted by Crippen LogP contribution is -2.54. The number of aromatic nitrogens is 1. The number of aryl methyl sites for hydroxylation is 1. The van der Waals surface area contributed by atoms with Crippen molar-refractivity contribution >= 4 is 16.0 Å². The van der Waals surface area contributed by atoms with Crippen molar-refractivity contribution in [2.45, 2.75) is 40.3 Å². The van der Waals surface area contributed by atoms with Gasteiger partial charge in [-0.1, -0.05) is 6.07 Å². The fourth-order valence-electron chi connectivity index (χ4n) is 2.96. The van der Waals surface area contributed by atoms with Gasteiger partial charge in [-0.05, 0) is 39.3 Å². The number of nitrogens with zero attached hydrogens (tertiary/aromatic N) is 4. The van der Waals surface area contributed by atoms with E-state index < -0.39 is 10.0 Å². The molecule has 0 spiro atoms. The van der Waals surface area contributed by atoms with Gasteiger partial charge in [-0.15, -0.1) is 0 Å². The van der Waals surface area contributed by atoms with Gasteiger partial charge in [-0.3, -0.25) is 4.98 Å². The summed E-state index contributed by atoms with van der Waals surface area (Å²) in [6.07, 6.45) is 1.81. The molecule has 1 aromatic rings. The zero-order valence-corrected chi connectivity index (χ0v) is 18.2. The highest BCUT2D eigenvalue weighted by Gasteiger charge is 2.28. The summed E-state index contributed by atoms with van der Waals surface area (Å²) < 4.78 is 31.9. The Kier molecular flexibility index (Phi) is 8.65. The third-order valence-electron chi connectivity index (χ3n) is 4.56. The fourth-order valence-corrected chi connectivity index (χ4v) is 4.24. The number of sulfonamides is 1. The lowest BCUT2D eigenvalue weighted by molar-refractivity contribution is 0.0904. The first kappa shape index (κ1) is 22.6. The summed E-state index contributed by atoms with van der Waals surface area (Å²) in [4.78, 5) is 11.2. The number of ether oxygens (including phenoxy) is 1. The van der Waals surface area contributed by atoms with Gasteiger partial charge < -0.3 is 15.0 Å². The van der Waals surface area contributed by atoms with E-state index in [4.69, 9.17) is 9.73 Å². The standard InChI is InChI=1S/C19H33N5O3S/c1-5-20-19(22-15-18-17(4)7-6-8-21-18)23-9-11-24(12-10-23)28(25,26)14-13-27-16(2)3/h6-8,16H,5,9-15H2,1-4H3,(H,20,22). The van der Waals surface area contributed by atoms with E-state index in [-0.39, 0.29) is 18.5 Å². The minimum absolute atomic E-state index is 0.0261. The van der Waals surface area contributed by atoms with Crippen molar-refractivity contribution in [3.63, 3.8) is 0 Å². The van der Waals surface area contributed by atoms with Gasteiger partial charge in [0.25, 0.3) is 0 Å². The largest absolute Gasteiger partial charge is 0.378 e. The van der Waals surface area contributed by atoms with Crippen LogP contribution in [0.15, 0.2) is 23.3 Å². The molecule has 0 atom stereocenters. The molecule has 1 aliphatic heterocycles. The monoisotopic (exact) mass is 411 g/mol. The Hall–Kier alpha value is -1.71. The highest BCUT2D eigenvalue weighted by Crippen LogP contribution is 2.10. The molecule has 1 saturated heterocycles. The van der Waals surface area contributed by atoms with Crippen LogP contribution in [0.2, 0.25) is 0 Å². The maximum Gasteiger partial charge on any atom is 0.216 e. The zero-order chi connectivity index (χ0) is 20.6. The van der Waals surface area contributed by atoms with E-state index in [1.807, 2.05) is 39.8 Å². The summed E-state index contributed by atoms with van der Waals surface area (Å²) in [5, 5.41) is 3.30. The van der Waals surface area contributed by atoms with Crippen LogP contribution in [0.25, 0.3) is 0 Å². The summed E-state index contributed by atoms with van der Waals surface area (Å²) in [6, 6.07) is 3.94. The molecular formula is C19H33N5O3S. The third kappa shape index (κ3) is 6.72. The van der Waals surface area contributed by atoms with Crippen LogP contribution in [-0.2, 0) is 21.3 Å². The number of hydrogen-bond acceptors (Lipinski definition) is 5. The second-order valence-corrected chi connectivity index (χ2v) is 9.15. The SMILES string of the molecule is CCNC(=NCc1ncccc1C)N1CCN(S(=O)(=O)CCOC(C)C)CC1. The van der Waals surface area contributed by atoms with Crippen molar-refractivity contribution in [3.05, 3.63) is 29.6 Å². The Morgan fingerprint density at radius 3 is 2.64 bits per heavy atom. The number of piperazine rings is 1. The lowest BCUT2D eigenvalue weighted by Gasteiger charge is -2.35. The van der Waals surface area contributed by atoms with Crippen LogP contribution in [0, 0.1) is 6.92 Å². The minimum Gasteiger partial charge on any atom is -0.378 e. The maximum atomic E-state index is 12.5. The lowest BCUT2D eigenvalue weighted by atomic mass is 10.2. The first-order valence-corrected chi connectivity index (χ1v) is 11.5. The Labute approximate surface area is 169 Å². The van der Waals surface area contributed by atoms with Gasteiger partial charge in [-0.2, -0.15) is 4.31 Å². The summed E-state index contributed by atoms with van der Waals surface area (Å²) >= 11 is 0. The number of pyridine rings is 1. The number of guanidine groups is 1. The van der Waals surface area contributed by atoms with Crippen LogP contribution in [0.5, 0.6) is 0 Å². The molecule has 2 heterocycles. The Balaban J connectivity index is 1.94. The van der Waals surface area contributed by atoms with E-state index in [1.165, 1.54) is 0 Å². The Bertz CT molecular complexity index is 744. The average Bonchev–Trinajstić information content (AvgIpc) is 2.66. The first-order valence-electron chi connectivity index (χ1n) is 9.86. The summed E-state index contributed by atoms with van der Waals surface area (Å²) in [6.45, 7) is 11.5. The molecule has 0 unspecified atom stereocenters. The van der Waals surface area contributed by atoms with E-state index in [9.17, 15) is 8.42 Å². The predicted molar refractivity (Wildman–Crippen MR) is 112 cm³/mol. The van der Waals surface area contributed by atoms with Crippen LogP contribution in [-0.4, -0.2) is 79.8 Å². The quantitative estimate of drug-likeness (QED) is 0.511. The van der Waals surface area contributed by atoms with Crippen molar-refractivity contribution < 1.29 is 13.2 Å². The number of aliphatic imine (C=N–C) groups is 1. The number of hydrogen-bond donors (Lipinski definition) is 1. The first-order chi connectivity index (χ1) is 13.3. The Morgan fingerprint density at radius 1 is 1.32 bits per heavy atom. The van der Waals surface area contributed by atoms with Crippen molar-refractivity contribution in [2.75, 3.05) is 45.1 Å². The van der Waals surface area contributed by atoms with E-state index >= 15 is 0 Å². The maximum absolute atomic E-state index is 12.5. The van der Waals surface area contributed by atoms with Crippen molar-refractivity contribution in [1.82, 2.24) is 19.5 Å². The second-order valence-electron chi connectivity index (χ2n) is 7.06. The average molecular weight is 412 g/mol. The molecule has 0 radical (unpaired) electrons.